The van der Waals surface area contributed by atoms with Gasteiger partial charge in [0.1, 0.15) is 24.7 Å². The molecule has 1 aliphatic heterocycles. The van der Waals surface area contributed by atoms with Crippen molar-refractivity contribution >= 4 is 21.4 Å². The first-order chi connectivity index (χ1) is 18.8. The molecule has 0 unspecified atom stereocenters. The van der Waals surface area contributed by atoms with Crippen molar-refractivity contribution < 1.29 is 9.47 Å². The molecule has 5 aromatic rings. The maximum atomic E-state index is 6.03. The third-order valence-corrected chi connectivity index (χ3v) is 8.43. The van der Waals surface area contributed by atoms with E-state index in [1.54, 1.807) is 6.20 Å². The highest BCUT2D eigenvalue weighted by atomic mass is 32.1. The number of likely N-dealkylation sites (tertiary alicyclic amines) is 1. The summed E-state index contributed by atoms with van der Waals surface area (Å²) in [6.45, 7) is 5.58. The SMILES string of the molecule is c1ccc2c(Cc3ccc(OCCN4CCCC4)cc3)c(-c3ccc(OCCn4ccnc4)cc3)sc2c1. The largest absolute Gasteiger partial charge is 0.492 e. The Labute approximate surface area is 228 Å². The molecule has 0 spiro atoms. The van der Waals surface area contributed by atoms with Crippen LogP contribution in [0.4, 0.5) is 0 Å². The minimum absolute atomic E-state index is 0.613. The van der Waals surface area contributed by atoms with Gasteiger partial charge < -0.3 is 14.0 Å². The maximum Gasteiger partial charge on any atom is 0.119 e. The van der Waals surface area contributed by atoms with Crippen LogP contribution < -0.4 is 9.47 Å². The second-order valence-corrected chi connectivity index (χ2v) is 10.8. The number of hydrogen-bond acceptors (Lipinski definition) is 5. The summed E-state index contributed by atoms with van der Waals surface area (Å²) in [6, 6.07) is 25.9. The average Bonchev–Trinajstić information content (AvgIpc) is 3.73. The number of hydrogen-bond donors (Lipinski definition) is 0. The third-order valence-electron chi connectivity index (χ3n) is 7.17. The van der Waals surface area contributed by atoms with Gasteiger partial charge in [0, 0.05) is 28.5 Å². The van der Waals surface area contributed by atoms with E-state index in [1.165, 1.54) is 57.6 Å². The van der Waals surface area contributed by atoms with Crippen LogP contribution in [0.3, 0.4) is 0 Å². The van der Waals surface area contributed by atoms with Crippen LogP contribution in [-0.4, -0.2) is 47.3 Å². The average molecular weight is 524 g/mol. The Kier molecular flexibility index (Phi) is 7.70. The minimum atomic E-state index is 0.613. The maximum absolute atomic E-state index is 6.03. The first-order valence-corrected chi connectivity index (χ1v) is 14.3. The van der Waals surface area contributed by atoms with E-state index in [4.69, 9.17) is 9.47 Å². The van der Waals surface area contributed by atoms with Gasteiger partial charge in [-0.05, 0) is 96.9 Å². The lowest BCUT2D eigenvalue weighted by Gasteiger charge is -2.15. The van der Waals surface area contributed by atoms with E-state index in [0.717, 1.165) is 37.6 Å². The van der Waals surface area contributed by atoms with E-state index in [-0.39, 0.29) is 0 Å². The lowest BCUT2D eigenvalue weighted by atomic mass is 9.99. The molecule has 3 aromatic carbocycles. The fraction of sp³-hybridized carbons (Fsp3) is 0.281. The van der Waals surface area contributed by atoms with Gasteiger partial charge in [-0.25, -0.2) is 4.98 Å². The monoisotopic (exact) mass is 523 g/mol. The Morgan fingerprint density at radius 2 is 1.50 bits per heavy atom. The molecule has 1 saturated heterocycles. The molecule has 0 radical (unpaired) electrons. The lowest BCUT2D eigenvalue weighted by molar-refractivity contribution is 0.238. The summed E-state index contributed by atoms with van der Waals surface area (Å²) in [5.74, 6) is 1.84. The molecule has 0 bridgehead atoms. The molecular formula is C32H33N3O2S. The number of ether oxygens (including phenoxy) is 2. The summed E-state index contributed by atoms with van der Waals surface area (Å²) in [7, 11) is 0. The number of fused-ring (bicyclic) bond motifs is 1. The first-order valence-electron chi connectivity index (χ1n) is 13.5. The number of nitrogens with zero attached hydrogens (tertiary/aromatic N) is 3. The second-order valence-electron chi connectivity index (χ2n) is 9.80. The molecule has 2 aromatic heterocycles. The van der Waals surface area contributed by atoms with E-state index in [9.17, 15) is 0 Å². The van der Waals surface area contributed by atoms with Crippen molar-refractivity contribution in [3.8, 4) is 21.9 Å². The van der Waals surface area contributed by atoms with Crippen LogP contribution in [0.15, 0.2) is 91.5 Å². The van der Waals surface area contributed by atoms with Crippen molar-refractivity contribution in [2.24, 2.45) is 0 Å². The van der Waals surface area contributed by atoms with E-state index < -0.39 is 0 Å². The van der Waals surface area contributed by atoms with Gasteiger partial charge in [0.05, 0.1) is 12.9 Å². The van der Waals surface area contributed by atoms with E-state index in [2.05, 4.69) is 82.7 Å². The Balaban J connectivity index is 1.14. The van der Waals surface area contributed by atoms with E-state index in [0.29, 0.717) is 6.61 Å². The van der Waals surface area contributed by atoms with Gasteiger partial charge in [0.15, 0.2) is 0 Å². The van der Waals surface area contributed by atoms with Gasteiger partial charge in [-0.3, -0.25) is 4.90 Å². The summed E-state index contributed by atoms with van der Waals surface area (Å²) < 4.78 is 15.3. The summed E-state index contributed by atoms with van der Waals surface area (Å²) in [4.78, 5) is 7.88. The van der Waals surface area contributed by atoms with Crippen molar-refractivity contribution in [2.45, 2.75) is 25.8 Å². The molecule has 0 amide bonds. The van der Waals surface area contributed by atoms with Crippen LogP contribution in [0.1, 0.15) is 24.0 Å². The summed E-state index contributed by atoms with van der Waals surface area (Å²) >= 11 is 1.86. The zero-order valence-corrected chi connectivity index (χ0v) is 22.4. The molecule has 0 atom stereocenters. The molecule has 0 aliphatic carbocycles. The molecule has 0 N–H and O–H groups in total. The molecule has 1 fully saturated rings. The summed E-state index contributed by atoms with van der Waals surface area (Å²) in [5.41, 5.74) is 3.90. The van der Waals surface area contributed by atoms with Crippen molar-refractivity contribution in [1.29, 1.82) is 0 Å². The highest BCUT2D eigenvalue weighted by molar-refractivity contribution is 7.22. The number of benzene rings is 3. The molecule has 3 heterocycles. The quantitative estimate of drug-likeness (QED) is 0.189. The highest BCUT2D eigenvalue weighted by Crippen LogP contribution is 2.40. The Morgan fingerprint density at radius 3 is 2.24 bits per heavy atom. The highest BCUT2D eigenvalue weighted by Gasteiger charge is 2.15. The summed E-state index contributed by atoms with van der Waals surface area (Å²) in [6.07, 6.45) is 9.07. The zero-order valence-electron chi connectivity index (χ0n) is 21.6. The van der Waals surface area contributed by atoms with Crippen LogP contribution in [0.2, 0.25) is 0 Å². The molecule has 6 rings (SSSR count). The van der Waals surface area contributed by atoms with Crippen LogP contribution in [0.25, 0.3) is 20.5 Å². The minimum Gasteiger partial charge on any atom is -0.492 e. The normalized spacial score (nSPS) is 13.8. The van der Waals surface area contributed by atoms with Crippen LogP contribution in [0, 0.1) is 0 Å². The van der Waals surface area contributed by atoms with Gasteiger partial charge in [-0.15, -0.1) is 11.3 Å². The third kappa shape index (κ3) is 5.93. The van der Waals surface area contributed by atoms with Crippen LogP contribution >= 0.6 is 11.3 Å². The standard InChI is InChI=1S/C32H33N3O2S/c1-2-6-31-29(5-1)30(23-25-7-11-27(12-8-25)36-21-19-34-16-3-4-17-34)32(38-31)26-9-13-28(14-10-26)37-22-20-35-18-15-33-24-35/h1-2,5-15,18,24H,3-4,16-17,19-23H2. The number of thiophene rings is 1. The predicted molar refractivity (Wildman–Crippen MR) is 155 cm³/mol. The van der Waals surface area contributed by atoms with Crippen LogP contribution in [-0.2, 0) is 13.0 Å². The van der Waals surface area contributed by atoms with Gasteiger partial charge >= 0.3 is 0 Å². The fourth-order valence-electron chi connectivity index (χ4n) is 5.10. The molecule has 1 aliphatic rings. The predicted octanol–water partition coefficient (Wildman–Crippen LogP) is 6.91. The number of rotatable bonds is 11. The van der Waals surface area contributed by atoms with Gasteiger partial charge in [0.25, 0.3) is 0 Å². The Bertz CT molecular complexity index is 1440. The molecule has 0 saturated carbocycles. The molecule has 6 heteroatoms. The van der Waals surface area contributed by atoms with Gasteiger partial charge in [-0.1, -0.05) is 30.3 Å². The van der Waals surface area contributed by atoms with Crippen molar-refractivity contribution in [1.82, 2.24) is 14.5 Å². The number of aromatic nitrogens is 2. The van der Waals surface area contributed by atoms with Gasteiger partial charge in [0.2, 0.25) is 0 Å². The topological polar surface area (TPSA) is 39.5 Å². The van der Waals surface area contributed by atoms with Crippen molar-refractivity contribution in [3.05, 3.63) is 103 Å². The lowest BCUT2D eigenvalue weighted by Crippen LogP contribution is -2.25. The van der Waals surface area contributed by atoms with Crippen molar-refractivity contribution in [2.75, 3.05) is 32.8 Å². The van der Waals surface area contributed by atoms with Crippen LogP contribution in [0.5, 0.6) is 11.5 Å². The second kappa shape index (κ2) is 11.8. The smallest absolute Gasteiger partial charge is 0.119 e. The molecular weight excluding hydrogens is 490 g/mol. The Morgan fingerprint density at radius 1 is 0.789 bits per heavy atom. The summed E-state index contributed by atoms with van der Waals surface area (Å²) in [5, 5.41) is 1.33. The molecule has 194 valence electrons. The molecule has 5 nitrogen and oxygen atoms in total. The first kappa shape index (κ1) is 24.7. The van der Waals surface area contributed by atoms with E-state index in [1.807, 2.05) is 28.4 Å². The number of imidazole rings is 1. The van der Waals surface area contributed by atoms with Crippen molar-refractivity contribution in [3.63, 3.8) is 0 Å². The zero-order chi connectivity index (χ0) is 25.6. The van der Waals surface area contributed by atoms with Gasteiger partial charge in [-0.2, -0.15) is 0 Å². The molecule has 38 heavy (non-hydrogen) atoms. The fourth-order valence-corrected chi connectivity index (χ4v) is 6.33. The van der Waals surface area contributed by atoms with E-state index >= 15 is 0 Å². The Hall–Kier alpha value is -3.61.